The lowest BCUT2D eigenvalue weighted by Gasteiger charge is -2.35. The predicted octanol–water partition coefficient (Wildman–Crippen LogP) is 4.52. The third-order valence-corrected chi connectivity index (χ3v) is 9.77. The Kier molecular flexibility index (Phi) is 8.86. The monoisotopic (exact) mass is 641 g/mol. The summed E-state index contributed by atoms with van der Waals surface area (Å²) in [6.45, 7) is -0.645. The smallest absolute Gasteiger partial charge is 0.416 e. The third-order valence-electron chi connectivity index (χ3n) is 7.86. The molecular formula is C32H30F3N3O6S. The van der Waals surface area contributed by atoms with Crippen molar-refractivity contribution in [2.75, 3.05) is 27.2 Å². The first-order valence-corrected chi connectivity index (χ1v) is 15.5. The quantitative estimate of drug-likeness (QED) is 0.283. The van der Waals surface area contributed by atoms with Gasteiger partial charge in [0.05, 0.1) is 12.7 Å². The number of amides is 1. The number of carbonyl (C=O) groups is 2. The van der Waals surface area contributed by atoms with Crippen molar-refractivity contribution in [3.05, 3.63) is 99.8 Å². The summed E-state index contributed by atoms with van der Waals surface area (Å²) in [6, 6.07) is 16.9. The Morgan fingerprint density at radius 2 is 1.71 bits per heavy atom. The third kappa shape index (κ3) is 6.22. The van der Waals surface area contributed by atoms with E-state index in [4.69, 9.17) is 4.74 Å². The van der Waals surface area contributed by atoms with Crippen LogP contribution in [0.3, 0.4) is 0 Å². The highest BCUT2D eigenvalue weighted by Crippen LogP contribution is 2.40. The molecule has 0 saturated heterocycles. The molecule has 0 radical (unpaired) electrons. The van der Waals surface area contributed by atoms with Gasteiger partial charge >= 0.3 is 12.1 Å². The highest BCUT2D eigenvalue weighted by Gasteiger charge is 2.44. The first kappa shape index (κ1) is 31.9. The van der Waals surface area contributed by atoms with E-state index in [2.05, 4.69) is 5.32 Å². The number of alkyl halides is 3. The van der Waals surface area contributed by atoms with Crippen LogP contribution in [0.15, 0.2) is 82.6 Å². The van der Waals surface area contributed by atoms with Gasteiger partial charge in [-0.05, 0) is 52.4 Å². The number of benzene rings is 3. The normalized spacial score (nSPS) is 16.2. The van der Waals surface area contributed by atoms with Crippen LogP contribution in [0, 0.1) is 0 Å². The van der Waals surface area contributed by atoms with Crippen LogP contribution >= 0.6 is 0 Å². The fourth-order valence-corrected chi connectivity index (χ4v) is 7.64. The molecule has 3 aromatic carbocycles. The molecule has 2 heterocycles. The van der Waals surface area contributed by atoms with E-state index in [1.807, 2.05) is 30.3 Å². The first-order valence-electron chi connectivity index (χ1n) is 14.1. The zero-order valence-corrected chi connectivity index (χ0v) is 25.2. The van der Waals surface area contributed by atoms with Crippen molar-refractivity contribution in [1.29, 1.82) is 0 Å². The maximum atomic E-state index is 14.3. The average molecular weight is 642 g/mol. The van der Waals surface area contributed by atoms with E-state index in [1.165, 1.54) is 19.2 Å². The Morgan fingerprint density at radius 1 is 1.00 bits per heavy atom. The van der Waals surface area contributed by atoms with Crippen LogP contribution in [0.5, 0.6) is 0 Å². The van der Waals surface area contributed by atoms with Crippen LogP contribution in [-0.2, 0) is 36.9 Å². The van der Waals surface area contributed by atoms with E-state index in [1.54, 1.807) is 12.1 Å². The number of carbonyl (C=O) groups excluding carboxylic acids is 2. The average Bonchev–Trinajstić information content (AvgIpc) is 3.01. The van der Waals surface area contributed by atoms with Crippen molar-refractivity contribution in [3.8, 4) is 11.1 Å². The number of esters is 1. The number of pyridine rings is 1. The van der Waals surface area contributed by atoms with Gasteiger partial charge in [0.25, 0.3) is 15.6 Å². The SMILES string of the molecule is CNC(=O)CCCN1CC(C(=O)OC)n2c(c(-c3cccc(C(F)(F)F)c3)c(Cc3cccc4ccccc34)cc2=O)S1(=O)=O. The minimum Gasteiger partial charge on any atom is -0.467 e. The van der Waals surface area contributed by atoms with E-state index in [9.17, 15) is 36.0 Å². The predicted molar refractivity (Wildman–Crippen MR) is 161 cm³/mol. The molecule has 1 amide bonds. The number of rotatable bonds is 8. The van der Waals surface area contributed by atoms with Crippen LogP contribution < -0.4 is 10.9 Å². The van der Waals surface area contributed by atoms with Gasteiger partial charge in [-0.15, -0.1) is 0 Å². The van der Waals surface area contributed by atoms with Gasteiger partial charge in [0.2, 0.25) is 5.91 Å². The number of nitrogens with zero attached hydrogens (tertiary/aromatic N) is 2. The molecule has 13 heteroatoms. The number of fused-ring (bicyclic) bond motifs is 2. The zero-order chi connectivity index (χ0) is 32.5. The van der Waals surface area contributed by atoms with Gasteiger partial charge in [-0.3, -0.25) is 14.2 Å². The molecule has 1 atom stereocenters. The fourth-order valence-electron chi connectivity index (χ4n) is 5.71. The van der Waals surface area contributed by atoms with Gasteiger partial charge in [-0.25, -0.2) is 13.2 Å². The molecule has 1 aliphatic heterocycles. The number of halogens is 3. The van der Waals surface area contributed by atoms with Crippen LogP contribution in [0.4, 0.5) is 13.2 Å². The van der Waals surface area contributed by atoms with E-state index in [0.29, 0.717) is 5.56 Å². The van der Waals surface area contributed by atoms with E-state index < -0.39 is 50.9 Å². The van der Waals surface area contributed by atoms with Gasteiger partial charge in [-0.1, -0.05) is 54.6 Å². The lowest BCUT2D eigenvalue weighted by atomic mass is 9.93. The summed E-state index contributed by atoms with van der Waals surface area (Å²) in [5.41, 5.74) is -1.17. The van der Waals surface area contributed by atoms with E-state index in [0.717, 1.165) is 45.0 Å². The first-order chi connectivity index (χ1) is 21.4. The molecule has 0 aliphatic carbocycles. The maximum absolute atomic E-state index is 14.3. The Balaban J connectivity index is 1.81. The highest BCUT2D eigenvalue weighted by atomic mass is 32.2. The molecule has 0 fully saturated rings. The molecule has 4 aromatic rings. The maximum Gasteiger partial charge on any atom is 0.416 e. The molecular weight excluding hydrogens is 611 g/mol. The fraction of sp³-hybridized carbons (Fsp3) is 0.281. The summed E-state index contributed by atoms with van der Waals surface area (Å²) in [5.74, 6) is -1.23. The summed E-state index contributed by atoms with van der Waals surface area (Å²) in [6.07, 6.45) is -4.66. The van der Waals surface area contributed by atoms with Crippen molar-refractivity contribution in [1.82, 2.24) is 14.2 Å². The number of sulfonamides is 1. The summed E-state index contributed by atoms with van der Waals surface area (Å²) >= 11 is 0. The Bertz CT molecular complexity index is 1950. The molecule has 236 valence electrons. The van der Waals surface area contributed by atoms with Crippen molar-refractivity contribution >= 4 is 32.7 Å². The van der Waals surface area contributed by atoms with Crippen LogP contribution in [0.2, 0.25) is 0 Å². The standard InChI is InChI=1S/C32H30F3N3O6S/c1-36-27(39)14-7-15-37-19-26(31(41)44-2)38-28(40)18-23(16-21-10-5-9-20-8-3-4-13-25(20)21)29(30(38)45(37,42)43)22-11-6-12-24(17-22)32(33,34)35/h3-6,8-13,17-18,26H,7,14-16,19H2,1-2H3,(H,36,39). The Labute approximate surface area is 257 Å². The van der Waals surface area contributed by atoms with Gasteiger partial charge in [0.1, 0.15) is 6.04 Å². The number of aromatic nitrogens is 1. The number of hydrogen-bond donors (Lipinski definition) is 1. The van der Waals surface area contributed by atoms with Crippen LogP contribution in [0.25, 0.3) is 21.9 Å². The van der Waals surface area contributed by atoms with Crippen LogP contribution in [-0.4, -0.2) is 56.4 Å². The van der Waals surface area contributed by atoms with Crippen molar-refractivity contribution in [2.24, 2.45) is 0 Å². The highest BCUT2D eigenvalue weighted by molar-refractivity contribution is 7.89. The molecule has 1 unspecified atom stereocenters. The largest absolute Gasteiger partial charge is 0.467 e. The Morgan fingerprint density at radius 3 is 2.42 bits per heavy atom. The van der Waals surface area contributed by atoms with Gasteiger partial charge in [-0.2, -0.15) is 17.5 Å². The van der Waals surface area contributed by atoms with Crippen molar-refractivity contribution in [2.45, 2.75) is 36.5 Å². The van der Waals surface area contributed by atoms with Gasteiger partial charge in [0, 0.05) is 38.2 Å². The summed E-state index contributed by atoms with van der Waals surface area (Å²) in [7, 11) is -2.06. The lowest BCUT2D eigenvalue weighted by molar-refractivity contribution is -0.145. The molecule has 1 N–H and O–H groups in total. The summed E-state index contributed by atoms with van der Waals surface area (Å²) < 4.78 is 77.1. The topological polar surface area (TPSA) is 115 Å². The molecule has 0 saturated carbocycles. The Hall–Kier alpha value is -4.49. The molecule has 0 bridgehead atoms. The molecule has 1 aliphatic rings. The van der Waals surface area contributed by atoms with E-state index in [-0.39, 0.29) is 48.4 Å². The second-order valence-corrected chi connectivity index (χ2v) is 12.5. The number of methoxy groups -OCH3 is 1. The van der Waals surface area contributed by atoms with Crippen LogP contribution in [0.1, 0.15) is 35.6 Å². The molecule has 5 rings (SSSR count). The molecule has 1 aromatic heterocycles. The molecule has 9 nitrogen and oxygen atoms in total. The van der Waals surface area contributed by atoms with Gasteiger partial charge < -0.3 is 10.1 Å². The lowest BCUT2D eigenvalue weighted by Crippen LogP contribution is -2.50. The summed E-state index contributed by atoms with van der Waals surface area (Å²) in [5, 5.41) is 3.55. The minimum absolute atomic E-state index is 0.00505. The van der Waals surface area contributed by atoms with E-state index >= 15 is 0 Å². The van der Waals surface area contributed by atoms with Gasteiger partial charge in [0.15, 0.2) is 5.03 Å². The summed E-state index contributed by atoms with van der Waals surface area (Å²) in [4.78, 5) is 38.6. The molecule has 0 spiro atoms. The minimum atomic E-state index is -4.74. The van der Waals surface area contributed by atoms with Crippen molar-refractivity contribution < 1.29 is 35.9 Å². The molecule has 45 heavy (non-hydrogen) atoms. The zero-order valence-electron chi connectivity index (χ0n) is 24.4. The number of hydrogen-bond acceptors (Lipinski definition) is 6. The number of nitrogens with one attached hydrogen (secondary N) is 1. The second kappa shape index (κ2) is 12.5. The number of ether oxygens (including phenoxy) is 1. The van der Waals surface area contributed by atoms with Crippen molar-refractivity contribution in [3.63, 3.8) is 0 Å². The second-order valence-electron chi connectivity index (χ2n) is 10.6.